The van der Waals surface area contributed by atoms with Crippen LogP contribution in [-0.2, 0) is 17.6 Å². The van der Waals surface area contributed by atoms with Crippen LogP contribution in [0.25, 0.3) is 0 Å². The Morgan fingerprint density at radius 1 is 0.923 bits per heavy atom. The average Bonchev–Trinajstić information content (AvgIpc) is 2.70. The van der Waals surface area contributed by atoms with Crippen molar-refractivity contribution in [1.29, 1.82) is 5.26 Å². The van der Waals surface area contributed by atoms with Crippen LogP contribution in [-0.4, -0.2) is 29.4 Å². The Morgan fingerprint density at radius 2 is 1.42 bits per heavy atom. The van der Waals surface area contributed by atoms with Gasteiger partial charge in [-0.05, 0) is 30.4 Å². The monoisotopic (exact) mass is 347 g/mol. The van der Waals surface area contributed by atoms with Gasteiger partial charge in [-0.1, -0.05) is 60.7 Å². The maximum Gasteiger partial charge on any atom is 0.249 e. The van der Waals surface area contributed by atoms with Crippen LogP contribution in [0.1, 0.15) is 30.4 Å². The minimum absolute atomic E-state index is 0.0338. The minimum atomic E-state index is -0.950. The third kappa shape index (κ3) is 4.23. The number of carbonyl (C=O) groups is 1. The molecule has 0 spiro atoms. The third-order valence-corrected chi connectivity index (χ3v) is 5.05. The summed E-state index contributed by atoms with van der Waals surface area (Å²) in [5.74, 6) is 0.0338. The van der Waals surface area contributed by atoms with E-state index < -0.39 is 5.54 Å². The molecule has 2 aromatic carbocycles. The molecule has 1 heterocycles. The Hall–Kier alpha value is -2.80. The van der Waals surface area contributed by atoms with Crippen molar-refractivity contribution in [1.82, 2.24) is 10.2 Å². The van der Waals surface area contributed by atoms with Crippen molar-refractivity contribution in [2.24, 2.45) is 0 Å². The number of benzene rings is 2. The molecule has 0 radical (unpaired) electrons. The Labute approximate surface area is 155 Å². The van der Waals surface area contributed by atoms with Crippen molar-refractivity contribution in [2.45, 2.75) is 37.6 Å². The minimum Gasteiger partial charge on any atom is -0.341 e. The highest BCUT2D eigenvalue weighted by Gasteiger charge is 2.41. The fourth-order valence-electron chi connectivity index (χ4n) is 3.75. The number of hydrogen-bond donors (Lipinski definition) is 1. The Morgan fingerprint density at radius 3 is 1.88 bits per heavy atom. The van der Waals surface area contributed by atoms with Gasteiger partial charge in [-0.2, -0.15) is 5.26 Å². The largest absolute Gasteiger partial charge is 0.341 e. The van der Waals surface area contributed by atoms with Gasteiger partial charge in [0.1, 0.15) is 5.54 Å². The van der Waals surface area contributed by atoms with Gasteiger partial charge in [0.25, 0.3) is 0 Å². The number of hydrogen-bond acceptors (Lipinski definition) is 3. The van der Waals surface area contributed by atoms with Crippen LogP contribution in [0, 0.1) is 11.5 Å². The van der Waals surface area contributed by atoms with Crippen molar-refractivity contribution < 1.29 is 4.79 Å². The molecule has 4 nitrogen and oxygen atoms in total. The molecule has 1 fully saturated rings. The SMILES string of the molecule is N#CNC(Cc1ccccc1)(Cc1ccccc1)C(=O)N1CCCCC1. The van der Waals surface area contributed by atoms with Crippen LogP contribution in [0.15, 0.2) is 60.7 Å². The van der Waals surface area contributed by atoms with Gasteiger partial charge >= 0.3 is 0 Å². The lowest BCUT2D eigenvalue weighted by molar-refractivity contribution is -0.139. The van der Waals surface area contributed by atoms with Gasteiger partial charge in [-0.3, -0.25) is 4.79 Å². The molecule has 0 aliphatic carbocycles. The molecule has 0 atom stereocenters. The number of carbonyl (C=O) groups excluding carboxylic acids is 1. The number of piperidine rings is 1. The topological polar surface area (TPSA) is 56.1 Å². The number of nitriles is 1. The van der Waals surface area contributed by atoms with E-state index in [2.05, 4.69) is 11.5 Å². The molecule has 1 amide bonds. The van der Waals surface area contributed by atoms with E-state index in [9.17, 15) is 10.1 Å². The molecule has 1 saturated heterocycles. The van der Waals surface area contributed by atoms with Crippen LogP contribution < -0.4 is 5.32 Å². The van der Waals surface area contributed by atoms with Gasteiger partial charge in [0, 0.05) is 25.9 Å². The summed E-state index contributed by atoms with van der Waals surface area (Å²) in [6.07, 6.45) is 6.29. The molecule has 2 aromatic rings. The molecule has 0 aromatic heterocycles. The molecule has 3 rings (SSSR count). The summed E-state index contributed by atoms with van der Waals surface area (Å²) in [6.45, 7) is 1.55. The number of nitrogens with one attached hydrogen (secondary N) is 1. The van der Waals surface area contributed by atoms with Gasteiger partial charge in [-0.25, -0.2) is 0 Å². The lowest BCUT2D eigenvalue weighted by Crippen LogP contribution is -2.60. The summed E-state index contributed by atoms with van der Waals surface area (Å²) in [4.78, 5) is 15.5. The summed E-state index contributed by atoms with van der Waals surface area (Å²) in [7, 11) is 0. The number of nitrogens with zero attached hydrogens (tertiary/aromatic N) is 2. The highest BCUT2D eigenvalue weighted by Crippen LogP contribution is 2.24. The molecule has 26 heavy (non-hydrogen) atoms. The fraction of sp³-hybridized carbons (Fsp3) is 0.364. The Kier molecular flexibility index (Phi) is 5.91. The van der Waals surface area contributed by atoms with Crippen molar-refractivity contribution in [3.05, 3.63) is 71.8 Å². The molecule has 1 aliphatic rings. The molecular formula is C22H25N3O. The zero-order chi connectivity index (χ0) is 18.2. The quantitative estimate of drug-likeness (QED) is 0.644. The molecular weight excluding hydrogens is 322 g/mol. The summed E-state index contributed by atoms with van der Waals surface area (Å²) in [6, 6.07) is 19.9. The van der Waals surface area contributed by atoms with Gasteiger partial charge in [-0.15, -0.1) is 0 Å². The first-order valence-electron chi connectivity index (χ1n) is 9.27. The molecule has 0 bridgehead atoms. The van der Waals surface area contributed by atoms with E-state index in [4.69, 9.17) is 0 Å². The predicted molar refractivity (Wildman–Crippen MR) is 102 cm³/mol. The van der Waals surface area contributed by atoms with Gasteiger partial charge in [0.2, 0.25) is 5.91 Å². The van der Waals surface area contributed by atoms with Crippen LogP contribution >= 0.6 is 0 Å². The van der Waals surface area contributed by atoms with E-state index in [1.165, 1.54) is 6.42 Å². The molecule has 134 valence electrons. The van der Waals surface area contributed by atoms with Crippen LogP contribution in [0.2, 0.25) is 0 Å². The molecule has 1 N–H and O–H groups in total. The molecule has 0 saturated carbocycles. The Balaban J connectivity index is 1.96. The van der Waals surface area contributed by atoms with Gasteiger partial charge in [0.15, 0.2) is 6.19 Å². The fourth-order valence-corrected chi connectivity index (χ4v) is 3.75. The van der Waals surface area contributed by atoms with E-state index >= 15 is 0 Å². The van der Waals surface area contributed by atoms with Crippen molar-refractivity contribution in [3.8, 4) is 6.19 Å². The Bertz CT molecular complexity index is 704. The highest BCUT2D eigenvalue weighted by molar-refractivity contribution is 5.87. The molecule has 0 unspecified atom stereocenters. The van der Waals surface area contributed by atoms with Gasteiger partial charge in [0.05, 0.1) is 0 Å². The van der Waals surface area contributed by atoms with Crippen molar-refractivity contribution in [2.75, 3.05) is 13.1 Å². The molecule has 4 heteroatoms. The second-order valence-corrected chi connectivity index (χ2v) is 7.00. The molecule has 1 aliphatic heterocycles. The van der Waals surface area contributed by atoms with E-state index in [-0.39, 0.29) is 5.91 Å². The number of rotatable bonds is 6. The maximum absolute atomic E-state index is 13.5. The van der Waals surface area contributed by atoms with E-state index in [1.807, 2.05) is 65.6 Å². The predicted octanol–water partition coefficient (Wildman–Crippen LogP) is 3.29. The van der Waals surface area contributed by atoms with Crippen molar-refractivity contribution >= 4 is 5.91 Å². The van der Waals surface area contributed by atoms with Crippen LogP contribution in [0.4, 0.5) is 0 Å². The summed E-state index contributed by atoms with van der Waals surface area (Å²) in [5.41, 5.74) is 1.16. The zero-order valence-electron chi connectivity index (χ0n) is 15.0. The van der Waals surface area contributed by atoms with Gasteiger partial charge < -0.3 is 10.2 Å². The summed E-state index contributed by atoms with van der Waals surface area (Å²) < 4.78 is 0. The maximum atomic E-state index is 13.5. The lowest BCUT2D eigenvalue weighted by Gasteiger charge is -2.38. The number of amides is 1. The van der Waals surface area contributed by atoms with E-state index in [0.29, 0.717) is 12.8 Å². The third-order valence-electron chi connectivity index (χ3n) is 5.05. The van der Waals surface area contributed by atoms with Crippen LogP contribution in [0.5, 0.6) is 0 Å². The first-order valence-corrected chi connectivity index (χ1v) is 9.27. The smallest absolute Gasteiger partial charge is 0.249 e. The van der Waals surface area contributed by atoms with Crippen LogP contribution in [0.3, 0.4) is 0 Å². The normalized spacial score (nSPS) is 14.5. The lowest BCUT2D eigenvalue weighted by atomic mass is 9.83. The number of likely N-dealkylation sites (tertiary alicyclic amines) is 1. The first kappa shape index (κ1) is 18.0. The summed E-state index contributed by atoms with van der Waals surface area (Å²) in [5, 5.41) is 12.4. The summed E-state index contributed by atoms with van der Waals surface area (Å²) >= 11 is 0. The highest BCUT2D eigenvalue weighted by atomic mass is 16.2. The zero-order valence-corrected chi connectivity index (χ0v) is 15.0. The second kappa shape index (κ2) is 8.53. The second-order valence-electron chi connectivity index (χ2n) is 7.00. The van der Waals surface area contributed by atoms with Crippen molar-refractivity contribution in [3.63, 3.8) is 0 Å². The van der Waals surface area contributed by atoms with E-state index in [1.54, 1.807) is 0 Å². The standard InChI is InChI=1S/C22H25N3O/c23-18-24-22(16-19-10-4-1-5-11-19,17-20-12-6-2-7-13-20)21(26)25-14-8-3-9-15-25/h1-2,4-7,10-13,24H,3,8-9,14-17H2. The average molecular weight is 347 g/mol. The first-order chi connectivity index (χ1) is 12.7. The van der Waals surface area contributed by atoms with E-state index in [0.717, 1.165) is 37.1 Å².